The van der Waals surface area contributed by atoms with Crippen LogP contribution < -0.4 is 5.32 Å². The normalized spacial score (nSPS) is 16.7. The van der Waals surface area contributed by atoms with Crippen molar-refractivity contribution in [3.05, 3.63) is 5.89 Å². The first kappa shape index (κ1) is 13.1. The molecule has 1 saturated carbocycles. The summed E-state index contributed by atoms with van der Waals surface area (Å²) in [5.41, 5.74) is 0. The average molecular weight is 251 g/mol. The van der Waals surface area contributed by atoms with Crippen molar-refractivity contribution in [2.24, 2.45) is 0 Å². The van der Waals surface area contributed by atoms with E-state index in [0.717, 1.165) is 25.7 Å². The van der Waals surface area contributed by atoms with Crippen molar-refractivity contribution < 1.29 is 9.21 Å². The highest BCUT2D eigenvalue weighted by molar-refractivity contribution is 5.88. The molecule has 5 heteroatoms. The number of carbonyl (C=O) groups excluding carboxylic acids is 1. The maximum absolute atomic E-state index is 11.5. The number of rotatable bonds is 5. The van der Waals surface area contributed by atoms with Crippen LogP contribution in [0.4, 0.5) is 6.01 Å². The zero-order chi connectivity index (χ0) is 12.8. The van der Waals surface area contributed by atoms with Gasteiger partial charge in [-0.2, -0.15) is 0 Å². The lowest BCUT2D eigenvalue weighted by Crippen LogP contribution is -2.11. The molecule has 18 heavy (non-hydrogen) atoms. The summed E-state index contributed by atoms with van der Waals surface area (Å²) in [7, 11) is 0. The first-order valence-electron chi connectivity index (χ1n) is 6.93. The third-order valence-corrected chi connectivity index (χ3v) is 3.40. The monoisotopic (exact) mass is 251 g/mol. The predicted molar refractivity (Wildman–Crippen MR) is 68.3 cm³/mol. The Morgan fingerprint density at radius 3 is 2.83 bits per heavy atom. The number of carbonyl (C=O) groups is 1. The molecule has 0 bridgehead atoms. The Morgan fingerprint density at radius 1 is 1.33 bits per heavy atom. The van der Waals surface area contributed by atoms with E-state index >= 15 is 0 Å². The van der Waals surface area contributed by atoms with Crippen LogP contribution >= 0.6 is 0 Å². The third kappa shape index (κ3) is 3.55. The van der Waals surface area contributed by atoms with Crippen LogP contribution in [-0.2, 0) is 4.79 Å². The Labute approximate surface area is 107 Å². The second-order valence-electron chi connectivity index (χ2n) is 4.93. The molecule has 1 aliphatic rings. The topological polar surface area (TPSA) is 68.0 Å². The largest absolute Gasteiger partial charge is 0.408 e. The van der Waals surface area contributed by atoms with E-state index in [4.69, 9.17) is 4.42 Å². The SMILES string of the molecule is CCCCC(=O)Nc1nnc(C2CCCCC2)o1. The van der Waals surface area contributed by atoms with Crippen LogP contribution in [0.2, 0.25) is 0 Å². The van der Waals surface area contributed by atoms with Gasteiger partial charge in [-0.15, -0.1) is 5.10 Å². The Balaban J connectivity index is 1.87. The van der Waals surface area contributed by atoms with Gasteiger partial charge < -0.3 is 4.42 Å². The van der Waals surface area contributed by atoms with Crippen molar-refractivity contribution in [3.63, 3.8) is 0 Å². The fourth-order valence-corrected chi connectivity index (χ4v) is 2.32. The van der Waals surface area contributed by atoms with Crippen LogP contribution in [0.3, 0.4) is 0 Å². The number of hydrogen-bond acceptors (Lipinski definition) is 4. The van der Waals surface area contributed by atoms with Crippen LogP contribution in [-0.4, -0.2) is 16.1 Å². The van der Waals surface area contributed by atoms with Crippen molar-refractivity contribution in [3.8, 4) is 0 Å². The maximum atomic E-state index is 11.5. The summed E-state index contributed by atoms with van der Waals surface area (Å²) in [4.78, 5) is 11.5. The molecule has 0 unspecified atom stereocenters. The van der Waals surface area contributed by atoms with E-state index < -0.39 is 0 Å². The van der Waals surface area contributed by atoms with Crippen LogP contribution in [0.15, 0.2) is 4.42 Å². The highest BCUT2D eigenvalue weighted by atomic mass is 16.4. The molecule has 0 spiro atoms. The molecule has 5 nitrogen and oxygen atoms in total. The first-order chi connectivity index (χ1) is 8.79. The van der Waals surface area contributed by atoms with Gasteiger partial charge in [0.2, 0.25) is 11.8 Å². The highest BCUT2D eigenvalue weighted by Gasteiger charge is 2.21. The molecule has 1 aliphatic carbocycles. The summed E-state index contributed by atoms with van der Waals surface area (Å²) in [5.74, 6) is 1.02. The van der Waals surface area contributed by atoms with Gasteiger partial charge in [0.15, 0.2) is 0 Å². The number of aromatic nitrogens is 2. The van der Waals surface area contributed by atoms with Crippen molar-refractivity contribution >= 4 is 11.9 Å². The summed E-state index contributed by atoms with van der Waals surface area (Å²) in [6, 6.07) is 0.247. The van der Waals surface area contributed by atoms with Gasteiger partial charge in [0.25, 0.3) is 0 Å². The molecule has 1 heterocycles. The minimum atomic E-state index is -0.0457. The number of nitrogens with one attached hydrogen (secondary N) is 1. The van der Waals surface area contributed by atoms with Gasteiger partial charge in [-0.25, -0.2) is 0 Å². The van der Waals surface area contributed by atoms with Crippen LogP contribution in [0.1, 0.15) is 70.1 Å². The highest BCUT2D eigenvalue weighted by Crippen LogP contribution is 2.32. The molecule has 1 amide bonds. The molecule has 1 aromatic rings. The zero-order valence-electron chi connectivity index (χ0n) is 10.9. The first-order valence-corrected chi connectivity index (χ1v) is 6.93. The molecule has 2 rings (SSSR count). The summed E-state index contributed by atoms with van der Waals surface area (Å²) in [6.45, 7) is 2.06. The molecule has 100 valence electrons. The van der Waals surface area contributed by atoms with Gasteiger partial charge in [-0.1, -0.05) is 37.7 Å². The summed E-state index contributed by atoms with van der Waals surface area (Å²) in [5, 5.41) is 10.6. The standard InChI is InChI=1S/C13H21N3O2/c1-2-3-9-11(17)14-13-16-15-12(18-13)10-7-5-4-6-8-10/h10H,2-9H2,1H3,(H,14,16,17). The Morgan fingerprint density at radius 2 is 2.11 bits per heavy atom. The van der Waals surface area contributed by atoms with Crippen LogP contribution in [0.5, 0.6) is 0 Å². The lowest BCUT2D eigenvalue weighted by molar-refractivity contribution is -0.116. The van der Waals surface area contributed by atoms with Crippen molar-refractivity contribution in [1.29, 1.82) is 0 Å². The zero-order valence-corrected chi connectivity index (χ0v) is 10.9. The second-order valence-corrected chi connectivity index (χ2v) is 4.93. The minimum Gasteiger partial charge on any atom is -0.408 e. The van der Waals surface area contributed by atoms with Crippen LogP contribution in [0, 0.1) is 0 Å². The van der Waals surface area contributed by atoms with E-state index in [1.54, 1.807) is 0 Å². The quantitative estimate of drug-likeness (QED) is 0.872. The molecule has 0 radical (unpaired) electrons. The van der Waals surface area contributed by atoms with Gasteiger partial charge in [-0.3, -0.25) is 10.1 Å². The predicted octanol–water partition coefficient (Wildman–Crippen LogP) is 3.25. The van der Waals surface area contributed by atoms with E-state index in [1.807, 2.05) is 0 Å². The summed E-state index contributed by atoms with van der Waals surface area (Å²) in [6.07, 6.45) is 8.39. The molecule has 0 aromatic carbocycles. The molecule has 0 atom stereocenters. The fraction of sp³-hybridized carbons (Fsp3) is 0.769. The molecular formula is C13H21N3O2. The molecule has 1 N–H and O–H groups in total. The Bertz CT molecular complexity index is 383. The number of anilines is 1. The number of hydrogen-bond donors (Lipinski definition) is 1. The Kier molecular flexibility index (Phi) is 4.73. The van der Waals surface area contributed by atoms with Crippen molar-refractivity contribution in [2.75, 3.05) is 5.32 Å². The fourth-order valence-electron chi connectivity index (χ4n) is 2.32. The van der Waals surface area contributed by atoms with E-state index in [9.17, 15) is 4.79 Å². The molecule has 1 fully saturated rings. The summed E-state index contributed by atoms with van der Waals surface area (Å²) >= 11 is 0. The van der Waals surface area contributed by atoms with Gasteiger partial charge >= 0.3 is 6.01 Å². The van der Waals surface area contributed by atoms with E-state index in [1.165, 1.54) is 19.3 Å². The van der Waals surface area contributed by atoms with Gasteiger partial charge in [0.05, 0.1) is 0 Å². The van der Waals surface area contributed by atoms with E-state index in [0.29, 0.717) is 18.2 Å². The van der Waals surface area contributed by atoms with Crippen LogP contribution in [0.25, 0.3) is 0 Å². The van der Waals surface area contributed by atoms with Crippen molar-refractivity contribution in [1.82, 2.24) is 10.2 Å². The number of amides is 1. The molecule has 0 saturated heterocycles. The lowest BCUT2D eigenvalue weighted by atomic mass is 9.89. The smallest absolute Gasteiger partial charge is 0.322 e. The molecule has 0 aliphatic heterocycles. The van der Waals surface area contributed by atoms with E-state index in [-0.39, 0.29) is 11.9 Å². The number of unbranched alkanes of at least 4 members (excludes halogenated alkanes) is 1. The molecular weight excluding hydrogens is 230 g/mol. The second kappa shape index (κ2) is 6.52. The maximum Gasteiger partial charge on any atom is 0.322 e. The Hall–Kier alpha value is -1.39. The lowest BCUT2D eigenvalue weighted by Gasteiger charge is -2.17. The molecule has 1 aromatic heterocycles. The van der Waals surface area contributed by atoms with Gasteiger partial charge in [0.1, 0.15) is 0 Å². The number of nitrogens with zero attached hydrogens (tertiary/aromatic N) is 2. The summed E-state index contributed by atoms with van der Waals surface area (Å²) < 4.78 is 5.52. The minimum absolute atomic E-state index is 0.0457. The van der Waals surface area contributed by atoms with Crippen molar-refractivity contribution in [2.45, 2.75) is 64.2 Å². The van der Waals surface area contributed by atoms with E-state index in [2.05, 4.69) is 22.4 Å². The average Bonchev–Trinajstić information content (AvgIpc) is 2.86. The van der Waals surface area contributed by atoms with Gasteiger partial charge in [0, 0.05) is 12.3 Å². The third-order valence-electron chi connectivity index (χ3n) is 3.40. The van der Waals surface area contributed by atoms with Gasteiger partial charge in [-0.05, 0) is 19.3 Å².